The number of halogens is 2. The molecule has 0 saturated heterocycles. The van der Waals surface area contributed by atoms with Crippen LogP contribution in [0.2, 0.25) is 0 Å². The lowest BCUT2D eigenvalue weighted by molar-refractivity contribution is -0.129. The van der Waals surface area contributed by atoms with Gasteiger partial charge in [0.1, 0.15) is 34.9 Å². The zero-order valence-electron chi connectivity index (χ0n) is 24.8. The summed E-state index contributed by atoms with van der Waals surface area (Å²) in [4.78, 5) is 44.6. The summed E-state index contributed by atoms with van der Waals surface area (Å²) in [6.07, 6.45) is -0.782. The average molecular weight is 607 g/mol. The highest BCUT2D eigenvalue weighted by molar-refractivity contribution is 7.98. The Labute approximate surface area is 246 Å². The Kier molecular flexibility index (Phi) is 7.95. The number of pyridine rings is 1. The first-order valence-electron chi connectivity index (χ1n) is 12.9. The summed E-state index contributed by atoms with van der Waals surface area (Å²) in [6, 6.07) is 0. The fourth-order valence-corrected chi connectivity index (χ4v) is 5.08. The Morgan fingerprint density at radius 2 is 1.67 bits per heavy atom. The molecule has 0 spiro atoms. The molecule has 12 nitrogen and oxygen atoms in total. The van der Waals surface area contributed by atoms with Crippen molar-refractivity contribution in [3.8, 4) is 5.75 Å². The predicted molar refractivity (Wildman–Crippen MR) is 152 cm³/mol. The molecule has 15 heteroatoms. The second kappa shape index (κ2) is 10.7. The molecule has 0 bridgehead atoms. The lowest BCUT2D eigenvalue weighted by Crippen LogP contribution is -2.51. The van der Waals surface area contributed by atoms with Crippen LogP contribution in [0.1, 0.15) is 58.4 Å². The number of alkyl halides is 2. The van der Waals surface area contributed by atoms with Crippen molar-refractivity contribution in [3.63, 3.8) is 0 Å². The highest BCUT2D eigenvalue weighted by Crippen LogP contribution is 2.41. The number of hydrogen-bond acceptors (Lipinski definition) is 12. The molecule has 2 aliphatic heterocycles. The summed E-state index contributed by atoms with van der Waals surface area (Å²) in [5.41, 5.74) is -2.07. The number of methoxy groups -OCH3 is 1. The van der Waals surface area contributed by atoms with Gasteiger partial charge in [-0.15, -0.1) is 0 Å². The van der Waals surface area contributed by atoms with E-state index in [0.29, 0.717) is 33.9 Å². The van der Waals surface area contributed by atoms with Gasteiger partial charge in [-0.25, -0.2) is 9.59 Å². The molecule has 0 fully saturated rings. The van der Waals surface area contributed by atoms with Gasteiger partial charge in [-0.1, -0.05) is 0 Å². The van der Waals surface area contributed by atoms with Crippen molar-refractivity contribution in [2.24, 2.45) is 14.6 Å². The first-order valence-corrected chi connectivity index (χ1v) is 13.9. The van der Waals surface area contributed by atoms with Gasteiger partial charge < -0.3 is 14.2 Å². The summed E-state index contributed by atoms with van der Waals surface area (Å²) < 4.78 is 51.5. The van der Waals surface area contributed by atoms with E-state index in [9.17, 15) is 14.4 Å². The molecule has 0 atom stereocenters. The molecule has 1 aliphatic carbocycles. The fourth-order valence-electron chi connectivity index (χ4n) is 4.32. The fraction of sp³-hybridized carbons (Fsp3) is 0.519. The maximum Gasteiger partial charge on any atom is 0.425 e. The van der Waals surface area contributed by atoms with Crippen molar-refractivity contribution < 1.29 is 37.4 Å². The molecule has 0 N–H and O–H groups in total. The molecule has 4 rings (SSSR count). The number of nitrogens with zero attached hydrogens (tertiary/aromatic N) is 6. The molecule has 3 aliphatic rings. The molecule has 42 heavy (non-hydrogen) atoms. The van der Waals surface area contributed by atoms with Crippen LogP contribution in [-0.2, 0) is 20.8 Å². The number of carbonyl (C=O) groups excluding carboxylic acids is 3. The lowest BCUT2D eigenvalue weighted by atomic mass is 10.0. The van der Waals surface area contributed by atoms with Crippen molar-refractivity contribution in [2.45, 2.75) is 79.1 Å². The number of amides is 2. The zero-order valence-corrected chi connectivity index (χ0v) is 25.6. The van der Waals surface area contributed by atoms with Gasteiger partial charge in [-0.05, 0) is 67.3 Å². The van der Waals surface area contributed by atoms with Crippen LogP contribution in [0.15, 0.2) is 31.9 Å². The van der Waals surface area contributed by atoms with Gasteiger partial charge in [0, 0.05) is 34.2 Å². The molecule has 0 unspecified atom stereocenters. The summed E-state index contributed by atoms with van der Waals surface area (Å²) in [6.45, 7) is 12.9. The monoisotopic (exact) mass is 606 g/mol. The van der Waals surface area contributed by atoms with Crippen LogP contribution in [0.4, 0.5) is 18.4 Å². The third kappa shape index (κ3) is 5.87. The van der Waals surface area contributed by atoms with Crippen molar-refractivity contribution in [3.05, 3.63) is 34.2 Å². The number of aromatic nitrogens is 1. The van der Waals surface area contributed by atoms with E-state index in [0.717, 1.165) is 10.7 Å². The molecule has 3 heterocycles. The number of Topliss-reactive ketones (excluding diaryl/α,β-unsaturated/α-hetero) is 1. The van der Waals surface area contributed by atoms with Crippen LogP contribution in [0.5, 0.6) is 5.75 Å². The minimum Gasteiger partial charge on any atom is -0.496 e. The van der Waals surface area contributed by atoms with E-state index in [1.807, 2.05) is 0 Å². The molecule has 226 valence electrons. The summed E-state index contributed by atoms with van der Waals surface area (Å²) in [7, 11) is 1.50. The topological polar surface area (TPSA) is 135 Å². The molecule has 1 aromatic rings. The third-order valence-corrected chi connectivity index (χ3v) is 6.76. The maximum atomic E-state index is 15.4. The number of rotatable bonds is 3. The standard InChI is InChI=1S/C27H32F2N6O6S/c1-13-10-30-16(14(2)19(13)39-9)11-34-31-18-17-15(21(36)27(28,29)20(17)32-34)12-42-33-22(18)35(23(37)40-25(3,4)5)24(38)41-26(6,7)8/h10H,11-12H2,1-9H3. The molecular formula is C27H32F2N6O6S. The van der Waals surface area contributed by atoms with E-state index in [1.54, 1.807) is 61.6 Å². The second-order valence-electron chi connectivity index (χ2n) is 11.7. The maximum absolute atomic E-state index is 15.4. The number of ketones is 1. The van der Waals surface area contributed by atoms with E-state index in [2.05, 4.69) is 19.6 Å². The van der Waals surface area contributed by atoms with Crippen molar-refractivity contribution in [2.75, 3.05) is 12.9 Å². The number of aryl methyl sites for hydroxylation is 1. The zero-order chi connectivity index (χ0) is 31.4. The quantitative estimate of drug-likeness (QED) is 0.437. The van der Waals surface area contributed by atoms with Gasteiger partial charge in [0.15, 0.2) is 5.84 Å². The molecular weight excluding hydrogens is 574 g/mol. The van der Waals surface area contributed by atoms with Crippen LogP contribution in [0, 0.1) is 13.8 Å². The van der Waals surface area contributed by atoms with Crippen LogP contribution in [0.25, 0.3) is 0 Å². The van der Waals surface area contributed by atoms with Gasteiger partial charge in [0.05, 0.1) is 12.8 Å². The smallest absolute Gasteiger partial charge is 0.425 e. The summed E-state index contributed by atoms with van der Waals surface area (Å²) in [5, 5.41) is 9.37. The Morgan fingerprint density at radius 3 is 2.21 bits per heavy atom. The molecule has 1 aromatic heterocycles. The van der Waals surface area contributed by atoms with Crippen LogP contribution >= 0.6 is 11.9 Å². The third-order valence-electron chi connectivity index (χ3n) is 6.04. The highest BCUT2D eigenvalue weighted by Gasteiger charge is 2.59. The number of amidine groups is 1. The Balaban J connectivity index is 1.88. The Hall–Kier alpha value is -3.88. The van der Waals surface area contributed by atoms with Crippen molar-refractivity contribution in [1.82, 2.24) is 15.0 Å². The number of hydrogen-bond donors (Lipinski definition) is 0. The lowest BCUT2D eigenvalue weighted by Gasteiger charge is -2.31. The first-order chi connectivity index (χ1) is 19.4. The predicted octanol–water partition coefficient (Wildman–Crippen LogP) is 4.98. The van der Waals surface area contributed by atoms with Crippen LogP contribution in [-0.4, -0.2) is 80.2 Å². The average Bonchev–Trinajstić information content (AvgIpc) is 2.95. The van der Waals surface area contributed by atoms with Crippen LogP contribution < -0.4 is 4.74 Å². The molecule has 2 amide bonds. The SMILES string of the molecule is COc1c(C)cnc(CN2N=C3C(N(C(=O)OC(C)(C)C)C(=O)OC(C)(C)C)=NSCC4=C3C(=N2)C(F)(F)C4=O)c1C. The van der Waals surface area contributed by atoms with E-state index in [1.165, 1.54) is 7.11 Å². The first kappa shape index (κ1) is 31.1. The highest BCUT2D eigenvalue weighted by atomic mass is 32.2. The van der Waals surface area contributed by atoms with Gasteiger partial charge >= 0.3 is 18.1 Å². The van der Waals surface area contributed by atoms with E-state index >= 15 is 8.78 Å². The minimum atomic E-state index is -3.98. The second-order valence-corrected chi connectivity index (χ2v) is 12.4. The van der Waals surface area contributed by atoms with Gasteiger partial charge in [-0.2, -0.15) is 33.4 Å². The normalized spacial score (nSPS) is 18.0. The number of ether oxygens (including phenoxy) is 3. The van der Waals surface area contributed by atoms with Gasteiger partial charge in [0.2, 0.25) is 5.78 Å². The molecule has 0 saturated carbocycles. The largest absolute Gasteiger partial charge is 0.496 e. The van der Waals surface area contributed by atoms with E-state index in [4.69, 9.17) is 14.2 Å². The van der Waals surface area contributed by atoms with E-state index < -0.39 is 46.6 Å². The number of imide groups is 1. The Bertz CT molecular complexity index is 1460. The Morgan fingerprint density at radius 1 is 1.07 bits per heavy atom. The van der Waals surface area contributed by atoms with Crippen molar-refractivity contribution in [1.29, 1.82) is 0 Å². The van der Waals surface area contributed by atoms with Crippen LogP contribution in [0.3, 0.4) is 0 Å². The minimum absolute atomic E-state index is 0.207. The number of carbonyl (C=O) groups is 3. The summed E-state index contributed by atoms with van der Waals surface area (Å²) >= 11 is 0.702. The van der Waals surface area contributed by atoms with Crippen molar-refractivity contribution >= 4 is 47.2 Å². The number of hydrazone groups is 2. The van der Waals surface area contributed by atoms with Gasteiger partial charge in [-0.3, -0.25) is 9.78 Å². The molecule has 0 radical (unpaired) electrons. The van der Waals surface area contributed by atoms with Gasteiger partial charge in [0.25, 0.3) is 0 Å². The summed E-state index contributed by atoms with van der Waals surface area (Å²) in [5.74, 6) is -5.60. The van der Waals surface area contributed by atoms with E-state index in [-0.39, 0.29) is 29.2 Å². The molecule has 0 aromatic carbocycles.